The second kappa shape index (κ2) is 17.4. The molecule has 2 saturated carbocycles. The van der Waals surface area contributed by atoms with Crippen LogP contribution in [0.2, 0.25) is 19.6 Å². The predicted octanol–water partition coefficient (Wildman–Crippen LogP) is 12.9. The minimum absolute atomic E-state index is 0. The summed E-state index contributed by atoms with van der Waals surface area (Å²) in [5.74, 6) is 2.62. The van der Waals surface area contributed by atoms with Crippen LogP contribution in [0.5, 0.6) is 0 Å². The molecule has 2 aromatic carbocycles. The molecule has 0 saturated heterocycles. The van der Waals surface area contributed by atoms with Gasteiger partial charge in [-0.3, -0.25) is 0 Å². The van der Waals surface area contributed by atoms with Gasteiger partial charge in [-0.15, -0.1) is 54.1 Å². The summed E-state index contributed by atoms with van der Waals surface area (Å²) in [4.78, 5) is 14.4. The van der Waals surface area contributed by atoms with E-state index in [0.29, 0.717) is 11.8 Å². The normalized spacial score (nSPS) is 16.0. The fourth-order valence-corrected chi connectivity index (χ4v) is 10.7. The Hall–Kier alpha value is -3.44. The smallest absolute Gasteiger partial charge is 0.216 e. The van der Waals surface area contributed by atoms with Gasteiger partial charge in [0, 0.05) is 49.5 Å². The average molecular weight is 926 g/mol. The molecule has 8 rings (SSSR count). The quantitative estimate of drug-likeness (QED) is 0.107. The third kappa shape index (κ3) is 9.08. The molecule has 4 heterocycles. The summed E-state index contributed by atoms with van der Waals surface area (Å²) in [6, 6.07) is 30.0. The van der Waals surface area contributed by atoms with E-state index in [1.165, 1.54) is 67.7 Å². The van der Waals surface area contributed by atoms with Crippen LogP contribution in [-0.2, 0) is 31.9 Å². The average Bonchev–Trinajstić information content (AvgIpc) is 3.97. The minimum atomic E-state index is -1.34. The molecule has 2 aliphatic carbocycles. The first-order chi connectivity index (χ1) is 25.9. The Labute approximate surface area is 344 Å². The van der Waals surface area contributed by atoms with E-state index in [2.05, 4.69) is 120 Å². The van der Waals surface area contributed by atoms with E-state index < -0.39 is 8.07 Å². The summed E-state index contributed by atoms with van der Waals surface area (Å²) in [7, 11) is -1.34. The van der Waals surface area contributed by atoms with E-state index in [9.17, 15) is 0 Å². The van der Waals surface area contributed by atoms with Crippen molar-refractivity contribution in [3.63, 3.8) is 0 Å². The van der Waals surface area contributed by atoms with Crippen LogP contribution in [-0.4, -0.2) is 23.0 Å². The molecule has 1 atom stereocenters. The Bertz CT molecular complexity index is 2190. The predicted molar refractivity (Wildman–Crippen MR) is 229 cm³/mol. The van der Waals surface area contributed by atoms with E-state index in [1.54, 1.807) is 0 Å². The monoisotopic (exact) mass is 926 g/mol. The van der Waals surface area contributed by atoms with Crippen molar-refractivity contribution < 1.29 is 24.5 Å². The second-order valence-electron chi connectivity index (χ2n) is 18.1. The van der Waals surface area contributed by atoms with Crippen molar-refractivity contribution in [2.45, 2.75) is 123 Å². The summed E-state index contributed by atoms with van der Waals surface area (Å²) in [6.07, 6.45) is 15.9. The van der Waals surface area contributed by atoms with Gasteiger partial charge in [0.2, 0.25) is 5.71 Å². The molecule has 2 aliphatic rings. The van der Waals surface area contributed by atoms with Gasteiger partial charge in [-0.1, -0.05) is 109 Å². The number of furan rings is 1. The molecule has 6 heteroatoms. The van der Waals surface area contributed by atoms with Gasteiger partial charge >= 0.3 is 0 Å². The molecular weight excluding hydrogens is 867 g/mol. The zero-order chi connectivity index (χ0) is 38.0. The maximum atomic E-state index is 6.43. The van der Waals surface area contributed by atoms with Crippen LogP contribution >= 0.6 is 0 Å². The molecular formula is C49H59IrN3OSi-2. The SMILES string of the molecule is CC(C)Cc1cc(-c2[c-]cccc2)ncc1[Si](C)(C)C.CC(c1ccc2c(n1)oc1c(-c3cc(C(C)(C)C4CCCC4)ccn3)[c-]ccc12)C1CCCC1.[Ir]. The molecule has 4 aromatic heterocycles. The molecule has 1 radical (unpaired) electrons. The van der Waals surface area contributed by atoms with E-state index >= 15 is 0 Å². The van der Waals surface area contributed by atoms with E-state index in [1.807, 2.05) is 30.5 Å². The number of fused-ring (bicyclic) bond motifs is 3. The number of nitrogens with zero attached hydrogens (tertiary/aromatic N) is 3. The third-order valence-electron chi connectivity index (χ3n) is 12.4. The van der Waals surface area contributed by atoms with Crippen molar-refractivity contribution >= 4 is 35.3 Å². The van der Waals surface area contributed by atoms with Crippen LogP contribution in [0.25, 0.3) is 44.6 Å². The molecule has 1 unspecified atom stereocenters. The molecule has 4 nitrogen and oxygen atoms in total. The largest absolute Gasteiger partial charge is 0.486 e. The standard InChI is InChI=1S/C31H35N2O.C18H24NSi.Ir/c1-20(21-9-4-5-10-21)27-16-15-25-24-13-8-14-26(29(24)34-30(25)33-27)28-19-23(17-18-32-28)31(2,3)22-11-6-7-12-22;1-14(2)11-16-12-17(15-9-7-6-8-10-15)19-13-18(16)20(3,4)5;/h8,13,15-22H,4-7,9-12H2,1-3H3;6-9,12-14H,11H2,1-5H3;/q2*-1;. The molecule has 0 aliphatic heterocycles. The van der Waals surface area contributed by atoms with Crippen molar-refractivity contribution in [2.24, 2.45) is 17.8 Å². The van der Waals surface area contributed by atoms with Gasteiger partial charge in [0.1, 0.15) is 0 Å². The van der Waals surface area contributed by atoms with Crippen molar-refractivity contribution in [1.29, 1.82) is 0 Å². The fourth-order valence-electron chi connectivity index (χ4n) is 9.11. The van der Waals surface area contributed by atoms with Crippen LogP contribution in [0, 0.1) is 29.9 Å². The first kappa shape index (κ1) is 41.2. The number of benzene rings is 2. The number of hydrogen-bond acceptors (Lipinski definition) is 4. The molecule has 0 N–H and O–H groups in total. The number of hydrogen-bond donors (Lipinski definition) is 0. The van der Waals surface area contributed by atoms with Crippen LogP contribution in [0.15, 0.2) is 83.5 Å². The Morgan fingerprint density at radius 2 is 1.56 bits per heavy atom. The van der Waals surface area contributed by atoms with E-state index in [4.69, 9.17) is 14.4 Å². The van der Waals surface area contributed by atoms with Gasteiger partial charge in [-0.2, -0.15) is 0 Å². The van der Waals surface area contributed by atoms with Gasteiger partial charge in [0.25, 0.3) is 0 Å². The Kier molecular flexibility index (Phi) is 13.0. The summed E-state index contributed by atoms with van der Waals surface area (Å²) in [5, 5.41) is 3.67. The molecule has 0 amide bonds. The summed E-state index contributed by atoms with van der Waals surface area (Å²) in [6.45, 7) is 18.8. The number of rotatable bonds is 9. The third-order valence-corrected chi connectivity index (χ3v) is 14.5. The second-order valence-corrected chi connectivity index (χ2v) is 23.1. The van der Waals surface area contributed by atoms with Gasteiger partial charge < -0.3 is 14.4 Å². The summed E-state index contributed by atoms with van der Waals surface area (Å²) < 4.78 is 6.43. The van der Waals surface area contributed by atoms with Crippen LogP contribution in [0.4, 0.5) is 0 Å². The topological polar surface area (TPSA) is 51.8 Å². The molecule has 6 aromatic rings. The zero-order valence-electron chi connectivity index (χ0n) is 34.3. The van der Waals surface area contributed by atoms with E-state index in [-0.39, 0.29) is 25.5 Å². The molecule has 291 valence electrons. The van der Waals surface area contributed by atoms with Gasteiger partial charge in [-0.05, 0) is 95.6 Å². The first-order valence-electron chi connectivity index (χ1n) is 20.6. The van der Waals surface area contributed by atoms with Gasteiger partial charge in [-0.25, -0.2) is 4.98 Å². The van der Waals surface area contributed by atoms with Crippen LogP contribution in [0.3, 0.4) is 0 Å². The molecule has 0 bridgehead atoms. The van der Waals surface area contributed by atoms with Crippen molar-refractivity contribution in [3.05, 3.63) is 108 Å². The van der Waals surface area contributed by atoms with E-state index in [0.717, 1.165) is 68.5 Å². The fraction of sp³-hybridized carbons (Fsp3) is 0.449. The maximum Gasteiger partial charge on any atom is 0.216 e. The molecule has 0 spiro atoms. The van der Waals surface area contributed by atoms with Gasteiger partial charge in [0.15, 0.2) is 0 Å². The van der Waals surface area contributed by atoms with Gasteiger partial charge in [0.05, 0.1) is 13.7 Å². The summed E-state index contributed by atoms with van der Waals surface area (Å²) in [5.41, 5.74) is 9.71. The Morgan fingerprint density at radius 1 is 0.818 bits per heavy atom. The first-order valence-corrected chi connectivity index (χ1v) is 24.1. The van der Waals surface area contributed by atoms with Crippen molar-refractivity contribution in [3.8, 4) is 22.5 Å². The van der Waals surface area contributed by atoms with Crippen molar-refractivity contribution in [2.75, 3.05) is 0 Å². The van der Waals surface area contributed by atoms with Crippen LogP contribution in [0.1, 0.15) is 109 Å². The van der Waals surface area contributed by atoms with Crippen molar-refractivity contribution in [1.82, 2.24) is 15.0 Å². The van der Waals surface area contributed by atoms with Crippen LogP contribution < -0.4 is 5.19 Å². The minimum Gasteiger partial charge on any atom is -0.486 e. The Balaban J connectivity index is 0.000000211. The zero-order valence-corrected chi connectivity index (χ0v) is 37.7. The maximum absolute atomic E-state index is 6.43. The summed E-state index contributed by atoms with van der Waals surface area (Å²) >= 11 is 0. The molecule has 2 fully saturated rings. The number of pyridine rings is 3. The Morgan fingerprint density at radius 3 is 2.25 bits per heavy atom. The molecule has 55 heavy (non-hydrogen) atoms. The number of aromatic nitrogens is 3.